The zero-order chi connectivity index (χ0) is 22.1. The number of hydrogen-bond donors (Lipinski definition) is 2. The van der Waals surface area contributed by atoms with Gasteiger partial charge >= 0.3 is 6.18 Å². The number of hydrogen-bond acceptors (Lipinski definition) is 4. The molecule has 160 valence electrons. The smallest absolute Gasteiger partial charge is 0.418 e. The first-order valence-corrected chi connectivity index (χ1v) is 9.94. The molecule has 0 aliphatic carbocycles. The van der Waals surface area contributed by atoms with E-state index >= 15 is 0 Å². The highest BCUT2D eigenvalue weighted by Gasteiger charge is 2.54. The molecule has 0 radical (unpaired) electrons. The normalized spacial score (nSPS) is 19.2. The number of aromatic amines is 1. The lowest BCUT2D eigenvalue weighted by Gasteiger charge is -2.20. The number of pyridine rings is 1. The Balaban J connectivity index is 1.50. The Labute approximate surface area is 179 Å². The number of rotatable bonds is 2. The van der Waals surface area contributed by atoms with Crippen LogP contribution in [0.2, 0.25) is 0 Å². The zero-order valence-corrected chi connectivity index (χ0v) is 16.5. The predicted octanol–water partition coefficient (Wildman–Crippen LogP) is 4.20. The Morgan fingerprint density at radius 2 is 1.94 bits per heavy atom. The Morgan fingerprint density at radius 3 is 2.78 bits per heavy atom. The number of benzene rings is 2. The molecule has 2 N–H and O–H groups in total. The van der Waals surface area contributed by atoms with Crippen molar-refractivity contribution in [3.8, 4) is 5.75 Å². The highest BCUT2D eigenvalue weighted by atomic mass is 19.4. The van der Waals surface area contributed by atoms with E-state index in [-0.39, 0.29) is 24.6 Å². The minimum absolute atomic E-state index is 0.0817. The summed E-state index contributed by atoms with van der Waals surface area (Å²) in [5.41, 5.74) is 1.37. The number of aromatic nitrogens is 3. The number of para-hydroxylation sites is 1. The first-order valence-electron chi connectivity index (χ1n) is 9.94. The summed E-state index contributed by atoms with van der Waals surface area (Å²) in [6.45, 7) is 0.148. The lowest BCUT2D eigenvalue weighted by Crippen LogP contribution is -2.37. The van der Waals surface area contributed by atoms with E-state index in [4.69, 9.17) is 4.74 Å². The molecular weight excluding hydrogens is 421 g/mol. The van der Waals surface area contributed by atoms with Gasteiger partial charge in [0, 0.05) is 41.0 Å². The Morgan fingerprint density at radius 1 is 1.09 bits per heavy atom. The fourth-order valence-electron chi connectivity index (χ4n) is 4.67. The molecule has 0 unspecified atom stereocenters. The maximum absolute atomic E-state index is 13.4. The molecule has 2 aliphatic heterocycles. The van der Waals surface area contributed by atoms with Crippen LogP contribution in [0.15, 0.2) is 54.7 Å². The van der Waals surface area contributed by atoms with Crippen LogP contribution in [-0.4, -0.2) is 27.7 Å². The standard InChI is InChI=1S/C23H15F3N4O2/c24-23(25,26)14-5-3-7-27-19(14)9-17-12-8-15-20(10-18(12)30-29-17)32-11-22(15)13-4-1-2-6-16(13)28-21(22)31/h1-8,10H,9,11H2,(H,28,31)(H,29,30)/t22-/m1/s1. The van der Waals surface area contributed by atoms with E-state index in [9.17, 15) is 18.0 Å². The van der Waals surface area contributed by atoms with Crippen LogP contribution in [0.4, 0.5) is 18.9 Å². The maximum atomic E-state index is 13.4. The number of halogens is 3. The average Bonchev–Trinajstić information content (AvgIpc) is 3.42. The first kappa shape index (κ1) is 18.9. The molecule has 2 aromatic heterocycles. The number of carbonyl (C=O) groups excluding carboxylic acids is 1. The van der Waals surface area contributed by atoms with Gasteiger partial charge in [-0.2, -0.15) is 18.3 Å². The van der Waals surface area contributed by atoms with Crippen molar-refractivity contribution in [1.29, 1.82) is 0 Å². The third-order valence-electron chi connectivity index (χ3n) is 6.20. The third-order valence-corrected chi connectivity index (χ3v) is 6.20. The number of ether oxygens (including phenoxy) is 1. The van der Waals surface area contributed by atoms with Crippen LogP contribution >= 0.6 is 0 Å². The molecule has 0 fully saturated rings. The second-order valence-corrected chi connectivity index (χ2v) is 7.93. The molecule has 1 amide bonds. The van der Waals surface area contributed by atoms with Crippen molar-refractivity contribution >= 4 is 22.5 Å². The van der Waals surface area contributed by atoms with Gasteiger partial charge in [0.05, 0.1) is 16.8 Å². The van der Waals surface area contributed by atoms with E-state index in [2.05, 4.69) is 20.5 Å². The third kappa shape index (κ3) is 2.50. The van der Waals surface area contributed by atoms with E-state index in [0.29, 0.717) is 27.9 Å². The molecule has 2 aliphatic rings. The van der Waals surface area contributed by atoms with Crippen molar-refractivity contribution in [3.63, 3.8) is 0 Å². The van der Waals surface area contributed by atoms with Gasteiger partial charge in [-0.3, -0.25) is 14.9 Å². The number of H-pyrrole nitrogens is 1. The summed E-state index contributed by atoms with van der Waals surface area (Å²) in [7, 11) is 0. The monoisotopic (exact) mass is 436 g/mol. The molecule has 0 bridgehead atoms. The van der Waals surface area contributed by atoms with Crippen molar-refractivity contribution in [2.45, 2.75) is 18.0 Å². The summed E-state index contributed by atoms with van der Waals surface area (Å²) in [6.07, 6.45) is -3.25. The Kier molecular flexibility index (Phi) is 3.72. The zero-order valence-electron chi connectivity index (χ0n) is 16.5. The summed E-state index contributed by atoms with van der Waals surface area (Å²) >= 11 is 0. The predicted molar refractivity (Wildman–Crippen MR) is 109 cm³/mol. The van der Waals surface area contributed by atoms with Crippen LogP contribution in [0.25, 0.3) is 10.9 Å². The maximum Gasteiger partial charge on any atom is 0.418 e. The minimum Gasteiger partial charge on any atom is -0.491 e. The van der Waals surface area contributed by atoms with Crippen molar-refractivity contribution in [2.24, 2.45) is 0 Å². The minimum atomic E-state index is -4.51. The second kappa shape index (κ2) is 6.32. The van der Waals surface area contributed by atoms with Crippen LogP contribution in [0, 0.1) is 0 Å². The molecular formula is C23H15F3N4O2. The molecule has 6 nitrogen and oxygen atoms in total. The van der Waals surface area contributed by atoms with Crippen LogP contribution in [-0.2, 0) is 22.8 Å². The topological polar surface area (TPSA) is 79.9 Å². The summed E-state index contributed by atoms with van der Waals surface area (Å²) < 4.78 is 46.2. The largest absolute Gasteiger partial charge is 0.491 e. The van der Waals surface area contributed by atoms with Gasteiger partial charge in [0.25, 0.3) is 0 Å². The van der Waals surface area contributed by atoms with E-state index in [1.54, 1.807) is 12.1 Å². The molecule has 0 saturated carbocycles. The quantitative estimate of drug-likeness (QED) is 0.494. The SMILES string of the molecule is O=C1Nc2ccccc2[C@@]12COc1cc3n[nH]c(Cc4ncccc4C(F)(F)F)c3cc12. The summed E-state index contributed by atoms with van der Waals surface area (Å²) in [6, 6.07) is 13.2. The van der Waals surface area contributed by atoms with Crippen molar-refractivity contribution in [1.82, 2.24) is 15.2 Å². The van der Waals surface area contributed by atoms with Crippen molar-refractivity contribution < 1.29 is 22.7 Å². The molecule has 32 heavy (non-hydrogen) atoms. The molecule has 1 spiro atoms. The highest BCUT2D eigenvalue weighted by molar-refractivity contribution is 6.10. The fraction of sp³-hybridized carbons (Fsp3) is 0.174. The van der Waals surface area contributed by atoms with Gasteiger partial charge in [-0.15, -0.1) is 0 Å². The number of carbonyl (C=O) groups is 1. The van der Waals surface area contributed by atoms with E-state index in [0.717, 1.165) is 17.3 Å². The van der Waals surface area contributed by atoms with E-state index in [1.807, 2.05) is 24.3 Å². The molecule has 6 rings (SSSR count). The molecule has 0 saturated heterocycles. The van der Waals surface area contributed by atoms with Gasteiger partial charge in [0.1, 0.15) is 17.8 Å². The summed E-state index contributed by atoms with van der Waals surface area (Å²) in [4.78, 5) is 17.0. The van der Waals surface area contributed by atoms with Crippen LogP contribution in [0.5, 0.6) is 5.75 Å². The number of amides is 1. The van der Waals surface area contributed by atoms with Gasteiger partial charge in [0.2, 0.25) is 5.91 Å². The van der Waals surface area contributed by atoms with Gasteiger partial charge in [0.15, 0.2) is 0 Å². The lowest BCUT2D eigenvalue weighted by atomic mass is 9.77. The average molecular weight is 436 g/mol. The Bertz CT molecular complexity index is 1410. The van der Waals surface area contributed by atoms with Crippen molar-refractivity contribution in [2.75, 3.05) is 11.9 Å². The van der Waals surface area contributed by atoms with Gasteiger partial charge in [-0.05, 0) is 29.8 Å². The van der Waals surface area contributed by atoms with Gasteiger partial charge in [-0.1, -0.05) is 18.2 Å². The summed E-state index contributed by atoms with van der Waals surface area (Å²) in [5.74, 6) is 0.349. The van der Waals surface area contributed by atoms with Crippen molar-refractivity contribution in [3.05, 3.63) is 82.8 Å². The van der Waals surface area contributed by atoms with Crippen LogP contribution in [0.1, 0.15) is 28.1 Å². The Hall–Kier alpha value is -3.88. The highest BCUT2D eigenvalue weighted by Crippen LogP contribution is 2.51. The summed E-state index contributed by atoms with van der Waals surface area (Å²) in [5, 5.41) is 10.6. The lowest BCUT2D eigenvalue weighted by molar-refractivity contribution is -0.138. The number of alkyl halides is 3. The van der Waals surface area contributed by atoms with Gasteiger partial charge < -0.3 is 10.1 Å². The molecule has 4 aromatic rings. The fourth-order valence-corrected chi connectivity index (χ4v) is 4.67. The van der Waals surface area contributed by atoms with Crippen LogP contribution < -0.4 is 10.1 Å². The number of nitrogens with one attached hydrogen (secondary N) is 2. The molecule has 2 aromatic carbocycles. The number of fused-ring (bicyclic) bond motifs is 5. The van der Waals surface area contributed by atoms with Gasteiger partial charge in [-0.25, -0.2) is 0 Å². The second-order valence-electron chi connectivity index (χ2n) is 7.93. The first-order chi connectivity index (χ1) is 15.4. The molecule has 9 heteroatoms. The number of anilines is 1. The number of nitrogens with zero attached hydrogens (tertiary/aromatic N) is 2. The van der Waals surface area contributed by atoms with E-state index in [1.165, 1.54) is 12.3 Å². The molecule has 4 heterocycles. The molecule has 1 atom stereocenters. The van der Waals surface area contributed by atoms with Crippen LogP contribution in [0.3, 0.4) is 0 Å². The van der Waals surface area contributed by atoms with E-state index < -0.39 is 17.2 Å².